The van der Waals surface area contributed by atoms with Gasteiger partial charge in [0.25, 0.3) is 5.91 Å². The molecule has 0 bridgehead atoms. The number of amides is 3. The maximum Gasteiger partial charge on any atom is 0.347 e. The summed E-state index contributed by atoms with van der Waals surface area (Å²) in [4.78, 5) is 25.5. The first kappa shape index (κ1) is 13.5. The fraction of sp³-hybridized carbons (Fsp3) is 0.100. The molecule has 2 N–H and O–H groups in total. The highest BCUT2D eigenvalue weighted by Crippen LogP contribution is 2.16. The molecule has 2 rings (SSSR count). The van der Waals surface area contributed by atoms with Gasteiger partial charge in [-0.05, 0) is 24.3 Å². The molecule has 100 valence electrons. The zero-order chi connectivity index (χ0) is 14.0. The van der Waals surface area contributed by atoms with Gasteiger partial charge in [-0.1, -0.05) is 11.6 Å². The number of sulfonamides is 1. The number of carbonyl (C=O) groups is 2. The van der Waals surface area contributed by atoms with Crippen LogP contribution >= 0.6 is 11.6 Å². The minimum absolute atomic E-state index is 0.252. The Hall–Kier alpha value is -1.93. The van der Waals surface area contributed by atoms with E-state index in [1.807, 2.05) is 5.32 Å². The molecule has 0 aliphatic carbocycles. The molecule has 1 heterocycles. The van der Waals surface area contributed by atoms with Crippen LogP contribution in [0.2, 0.25) is 5.02 Å². The van der Waals surface area contributed by atoms with Crippen LogP contribution in [-0.2, 0) is 14.8 Å². The molecule has 0 spiro atoms. The number of halogens is 1. The fourth-order valence-electron chi connectivity index (χ4n) is 1.38. The lowest BCUT2D eigenvalue weighted by Crippen LogP contribution is -2.48. The third kappa shape index (κ3) is 3.09. The Morgan fingerprint density at radius 3 is 2.42 bits per heavy atom. The molecule has 0 saturated carbocycles. The Morgan fingerprint density at radius 2 is 1.84 bits per heavy atom. The van der Waals surface area contributed by atoms with Gasteiger partial charge in [0.15, 0.2) is 5.25 Å². The summed E-state index contributed by atoms with van der Waals surface area (Å²) >= 11 is 5.67. The average Bonchev–Trinajstić information content (AvgIpc) is 2.31. The first-order valence-corrected chi connectivity index (χ1v) is 6.97. The van der Waals surface area contributed by atoms with Crippen molar-refractivity contribution in [1.82, 2.24) is 5.32 Å². The zero-order valence-corrected chi connectivity index (χ0v) is 10.9. The molecule has 1 aromatic rings. The molecule has 1 atom stereocenters. The van der Waals surface area contributed by atoms with Gasteiger partial charge < -0.3 is 0 Å². The lowest BCUT2D eigenvalue weighted by Gasteiger charge is -2.16. The summed E-state index contributed by atoms with van der Waals surface area (Å²) < 4.78 is 26.1. The van der Waals surface area contributed by atoms with Crippen LogP contribution in [-0.4, -0.2) is 31.8 Å². The number of rotatable bonds is 3. The van der Waals surface area contributed by atoms with E-state index in [0.29, 0.717) is 5.02 Å². The maximum atomic E-state index is 11.9. The third-order valence-corrected chi connectivity index (χ3v) is 4.03. The Morgan fingerprint density at radius 1 is 1.21 bits per heavy atom. The smallest absolute Gasteiger partial charge is 0.283 e. The molecular formula is C10H8ClN3O4S. The minimum atomic E-state index is -4.03. The van der Waals surface area contributed by atoms with Crippen LogP contribution in [0, 0.1) is 0 Å². The predicted molar refractivity (Wildman–Crippen MR) is 69.8 cm³/mol. The van der Waals surface area contributed by atoms with E-state index in [-0.39, 0.29) is 5.69 Å². The van der Waals surface area contributed by atoms with Crippen molar-refractivity contribution in [2.75, 3.05) is 4.72 Å². The summed E-state index contributed by atoms with van der Waals surface area (Å²) in [5.74, 6) is -0.943. The van der Waals surface area contributed by atoms with Crippen molar-refractivity contribution in [1.29, 1.82) is 0 Å². The van der Waals surface area contributed by atoms with Crippen molar-refractivity contribution >= 4 is 45.5 Å². The molecule has 7 nitrogen and oxygen atoms in total. The van der Waals surface area contributed by atoms with Gasteiger partial charge in [0.05, 0.1) is 0 Å². The third-order valence-electron chi connectivity index (χ3n) is 2.25. The standard InChI is InChI=1S/C10H8ClN3O4S/c11-6-1-3-7(4-2-6)14-19(17,18)8-5-12-10(16)13-9(8)15/h1-5,8,14H,(H,13,15,16). The van der Waals surface area contributed by atoms with Gasteiger partial charge in [0.2, 0.25) is 10.0 Å². The first-order valence-electron chi connectivity index (χ1n) is 5.05. The quantitative estimate of drug-likeness (QED) is 0.860. The highest BCUT2D eigenvalue weighted by Gasteiger charge is 2.35. The largest absolute Gasteiger partial charge is 0.347 e. The summed E-state index contributed by atoms with van der Waals surface area (Å²) in [5, 5.41) is 0.709. The number of imide groups is 1. The van der Waals surface area contributed by atoms with E-state index in [1.165, 1.54) is 24.3 Å². The first-order chi connectivity index (χ1) is 8.88. The molecule has 19 heavy (non-hydrogen) atoms. The number of benzene rings is 1. The highest BCUT2D eigenvalue weighted by molar-refractivity contribution is 7.94. The topological polar surface area (TPSA) is 105 Å². The Balaban J connectivity index is 2.23. The number of hydrogen-bond acceptors (Lipinski definition) is 4. The van der Waals surface area contributed by atoms with E-state index in [4.69, 9.17) is 11.6 Å². The fourth-order valence-corrected chi connectivity index (χ4v) is 2.66. The van der Waals surface area contributed by atoms with Crippen molar-refractivity contribution in [2.24, 2.45) is 4.99 Å². The maximum absolute atomic E-state index is 11.9. The van der Waals surface area contributed by atoms with Gasteiger partial charge in [-0.25, -0.2) is 18.2 Å². The van der Waals surface area contributed by atoms with Gasteiger partial charge in [0.1, 0.15) is 0 Å². The summed E-state index contributed by atoms with van der Waals surface area (Å²) in [6.07, 6.45) is 0.791. The SMILES string of the molecule is O=C1N=CC(S(=O)(=O)Nc2ccc(Cl)cc2)C(=O)N1. The summed E-state index contributed by atoms with van der Waals surface area (Å²) in [6, 6.07) is 5.00. The Labute approximate surface area is 113 Å². The van der Waals surface area contributed by atoms with Gasteiger partial charge in [-0.15, -0.1) is 0 Å². The Bertz CT molecular complexity index is 654. The molecular weight excluding hydrogens is 294 g/mol. The second kappa shape index (κ2) is 4.98. The Kier molecular flexibility index (Phi) is 3.54. The van der Waals surface area contributed by atoms with Crippen LogP contribution in [0.5, 0.6) is 0 Å². The van der Waals surface area contributed by atoms with Gasteiger partial charge in [-0.2, -0.15) is 0 Å². The molecule has 1 unspecified atom stereocenters. The minimum Gasteiger partial charge on any atom is -0.283 e. The van der Waals surface area contributed by atoms with E-state index in [0.717, 1.165) is 6.21 Å². The van der Waals surface area contributed by atoms with E-state index >= 15 is 0 Å². The van der Waals surface area contributed by atoms with Crippen LogP contribution in [0.25, 0.3) is 0 Å². The molecule has 9 heteroatoms. The predicted octanol–water partition coefficient (Wildman–Crippen LogP) is 0.771. The van der Waals surface area contributed by atoms with Crippen LogP contribution in [0.3, 0.4) is 0 Å². The molecule has 3 amide bonds. The van der Waals surface area contributed by atoms with Crippen molar-refractivity contribution in [3.05, 3.63) is 29.3 Å². The number of carbonyl (C=O) groups excluding carboxylic acids is 2. The number of urea groups is 1. The van der Waals surface area contributed by atoms with Crippen molar-refractivity contribution in [3.63, 3.8) is 0 Å². The molecule has 0 radical (unpaired) electrons. The molecule has 0 saturated heterocycles. The molecule has 1 aliphatic rings. The highest BCUT2D eigenvalue weighted by atomic mass is 35.5. The van der Waals surface area contributed by atoms with Crippen molar-refractivity contribution in [2.45, 2.75) is 5.25 Å². The van der Waals surface area contributed by atoms with Crippen molar-refractivity contribution < 1.29 is 18.0 Å². The molecule has 1 aromatic carbocycles. The number of aliphatic imine (C=N–C) groups is 1. The number of anilines is 1. The number of nitrogens with one attached hydrogen (secondary N) is 2. The summed E-state index contributed by atoms with van der Waals surface area (Å²) in [7, 11) is -4.03. The second-order valence-electron chi connectivity index (χ2n) is 3.65. The molecule has 1 aliphatic heterocycles. The van der Waals surface area contributed by atoms with Gasteiger partial charge in [0, 0.05) is 16.9 Å². The normalized spacial score (nSPS) is 19.1. The lowest BCUT2D eigenvalue weighted by molar-refractivity contribution is -0.118. The molecule has 0 fully saturated rings. The number of nitrogens with zero attached hydrogens (tertiary/aromatic N) is 1. The van der Waals surface area contributed by atoms with Crippen LogP contribution in [0.4, 0.5) is 10.5 Å². The number of hydrogen-bond donors (Lipinski definition) is 2. The average molecular weight is 302 g/mol. The summed E-state index contributed by atoms with van der Waals surface area (Å²) in [6.45, 7) is 0. The van der Waals surface area contributed by atoms with Crippen molar-refractivity contribution in [3.8, 4) is 0 Å². The van der Waals surface area contributed by atoms with E-state index in [1.54, 1.807) is 0 Å². The lowest BCUT2D eigenvalue weighted by atomic mass is 10.3. The second-order valence-corrected chi connectivity index (χ2v) is 5.89. The zero-order valence-electron chi connectivity index (χ0n) is 9.33. The van der Waals surface area contributed by atoms with Crippen LogP contribution in [0.15, 0.2) is 29.3 Å². The van der Waals surface area contributed by atoms with Crippen LogP contribution < -0.4 is 10.0 Å². The van der Waals surface area contributed by atoms with Crippen LogP contribution in [0.1, 0.15) is 0 Å². The van der Waals surface area contributed by atoms with E-state index in [9.17, 15) is 18.0 Å². The molecule has 0 aromatic heterocycles. The van der Waals surface area contributed by atoms with E-state index < -0.39 is 27.2 Å². The summed E-state index contributed by atoms with van der Waals surface area (Å²) in [5.41, 5.74) is 0.252. The monoisotopic (exact) mass is 301 g/mol. The van der Waals surface area contributed by atoms with E-state index in [2.05, 4.69) is 9.71 Å². The van der Waals surface area contributed by atoms with Gasteiger partial charge >= 0.3 is 6.03 Å². The van der Waals surface area contributed by atoms with Gasteiger partial charge in [-0.3, -0.25) is 14.8 Å².